The highest BCUT2D eigenvalue weighted by atomic mass is 19.1. The first-order chi connectivity index (χ1) is 12.8. The monoisotopic (exact) mass is 375 g/mol. The zero-order valence-corrected chi connectivity index (χ0v) is 15.4. The van der Waals surface area contributed by atoms with Crippen LogP contribution in [0.1, 0.15) is 25.5 Å². The second-order valence-corrected chi connectivity index (χ2v) is 6.34. The zero-order valence-electron chi connectivity index (χ0n) is 15.4. The molecule has 0 unspecified atom stereocenters. The molecule has 0 bridgehead atoms. The minimum atomic E-state index is -0.536. The third-order valence-corrected chi connectivity index (χ3v) is 4.05. The smallest absolute Gasteiger partial charge is 0.273 e. The molecule has 0 radical (unpaired) electrons. The van der Waals surface area contributed by atoms with Crippen LogP contribution in [-0.4, -0.2) is 24.5 Å². The van der Waals surface area contributed by atoms with Crippen molar-refractivity contribution in [2.45, 2.75) is 19.9 Å². The van der Waals surface area contributed by atoms with Crippen LogP contribution in [0, 0.1) is 21.8 Å². The van der Waals surface area contributed by atoms with Crippen molar-refractivity contribution in [3.05, 3.63) is 64.0 Å². The summed E-state index contributed by atoms with van der Waals surface area (Å²) in [5, 5.41) is 16.7. The van der Waals surface area contributed by atoms with Crippen LogP contribution in [0.25, 0.3) is 0 Å². The summed E-state index contributed by atoms with van der Waals surface area (Å²) in [6.07, 6.45) is 0. The van der Waals surface area contributed by atoms with Gasteiger partial charge in [0.15, 0.2) is 0 Å². The van der Waals surface area contributed by atoms with Gasteiger partial charge >= 0.3 is 0 Å². The molecule has 2 rings (SSSR count). The van der Waals surface area contributed by atoms with Crippen LogP contribution in [0.3, 0.4) is 0 Å². The van der Waals surface area contributed by atoms with Crippen molar-refractivity contribution < 1.29 is 18.8 Å². The van der Waals surface area contributed by atoms with Crippen molar-refractivity contribution in [1.29, 1.82) is 0 Å². The highest BCUT2D eigenvalue weighted by Gasteiger charge is 2.18. The van der Waals surface area contributed by atoms with Gasteiger partial charge in [-0.15, -0.1) is 0 Å². The van der Waals surface area contributed by atoms with E-state index in [1.54, 1.807) is 12.1 Å². The molecule has 0 heterocycles. The van der Waals surface area contributed by atoms with Gasteiger partial charge in [-0.3, -0.25) is 14.9 Å². The summed E-state index contributed by atoms with van der Waals surface area (Å²) in [4.78, 5) is 22.6. The number of hydrogen-bond acceptors (Lipinski definition) is 5. The van der Waals surface area contributed by atoms with Gasteiger partial charge in [-0.05, 0) is 29.7 Å². The molecule has 1 amide bonds. The molecule has 27 heavy (non-hydrogen) atoms. The molecule has 1 atom stereocenters. The van der Waals surface area contributed by atoms with Gasteiger partial charge in [-0.25, -0.2) is 4.39 Å². The number of nitrogens with zero attached hydrogens (tertiary/aromatic N) is 1. The maximum atomic E-state index is 13.1. The Balaban J connectivity index is 2.04. The van der Waals surface area contributed by atoms with Gasteiger partial charge in [0, 0.05) is 12.1 Å². The molecule has 0 aliphatic rings. The highest BCUT2D eigenvalue weighted by molar-refractivity contribution is 5.94. The number of carbonyl (C=O) groups excluding carboxylic acids is 1. The van der Waals surface area contributed by atoms with Gasteiger partial charge in [0.1, 0.15) is 11.6 Å². The fraction of sp³-hybridized carbons (Fsp3) is 0.316. The van der Waals surface area contributed by atoms with Crippen LogP contribution in [0.5, 0.6) is 5.75 Å². The first-order valence-corrected chi connectivity index (χ1v) is 8.43. The van der Waals surface area contributed by atoms with Crippen molar-refractivity contribution in [1.82, 2.24) is 5.32 Å². The average Bonchev–Trinajstić information content (AvgIpc) is 2.63. The zero-order chi connectivity index (χ0) is 20.0. The summed E-state index contributed by atoms with van der Waals surface area (Å²) < 4.78 is 18.2. The van der Waals surface area contributed by atoms with Crippen LogP contribution < -0.4 is 15.4 Å². The number of halogens is 1. The summed E-state index contributed by atoms with van der Waals surface area (Å²) in [5.74, 6) is -0.257. The number of rotatable bonds is 8. The molecule has 8 heteroatoms. The number of nitrogens with one attached hydrogen (secondary N) is 2. The van der Waals surface area contributed by atoms with E-state index in [2.05, 4.69) is 10.6 Å². The van der Waals surface area contributed by atoms with E-state index < -0.39 is 4.92 Å². The molecule has 0 aliphatic carbocycles. The number of amides is 1. The number of carbonyl (C=O) groups is 1. The molecule has 0 fully saturated rings. The van der Waals surface area contributed by atoms with Crippen molar-refractivity contribution in [2.75, 3.05) is 19.0 Å². The van der Waals surface area contributed by atoms with Gasteiger partial charge in [-0.1, -0.05) is 26.0 Å². The number of benzene rings is 2. The van der Waals surface area contributed by atoms with E-state index in [1.165, 1.54) is 37.4 Å². The van der Waals surface area contributed by atoms with Crippen molar-refractivity contribution in [3.8, 4) is 5.75 Å². The number of nitro groups is 1. The van der Waals surface area contributed by atoms with Gasteiger partial charge in [0.05, 0.1) is 30.3 Å². The third kappa shape index (κ3) is 5.49. The molecule has 2 N–H and O–H groups in total. The number of ether oxygens (including phenoxy) is 1. The van der Waals surface area contributed by atoms with Crippen LogP contribution in [-0.2, 0) is 4.79 Å². The van der Waals surface area contributed by atoms with E-state index in [9.17, 15) is 19.3 Å². The average molecular weight is 375 g/mol. The van der Waals surface area contributed by atoms with Crippen LogP contribution in [0.4, 0.5) is 15.8 Å². The molecule has 0 spiro atoms. The number of anilines is 1. The lowest BCUT2D eigenvalue weighted by atomic mass is 9.96. The number of nitro benzene ring substituents is 1. The molecule has 0 saturated heterocycles. The third-order valence-electron chi connectivity index (χ3n) is 4.05. The summed E-state index contributed by atoms with van der Waals surface area (Å²) >= 11 is 0. The number of methoxy groups -OCH3 is 1. The first-order valence-electron chi connectivity index (χ1n) is 8.43. The van der Waals surface area contributed by atoms with E-state index in [0.29, 0.717) is 5.69 Å². The maximum absolute atomic E-state index is 13.1. The quantitative estimate of drug-likeness (QED) is 0.542. The van der Waals surface area contributed by atoms with Gasteiger partial charge in [0.2, 0.25) is 5.91 Å². The SMILES string of the molecule is COc1cc([N+](=O)[O-])ccc1NC(=O)CN[C@H](c1ccc(F)cc1)C(C)C. The van der Waals surface area contributed by atoms with E-state index in [-0.39, 0.29) is 41.7 Å². The molecule has 0 aromatic heterocycles. The molecular formula is C19H22FN3O4. The molecule has 7 nitrogen and oxygen atoms in total. The molecule has 2 aromatic rings. The Kier molecular flexibility index (Phi) is 6.84. The molecule has 144 valence electrons. The molecule has 0 saturated carbocycles. The van der Waals surface area contributed by atoms with Crippen LogP contribution in [0.15, 0.2) is 42.5 Å². The Labute approximate surface area is 156 Å². The summed E-state index contributed by atoms with van der Waals surface area (Å²) in [6.45, 7) is 4.01. The van der Waals surface area contributed by atoms with Crippen molar-refractivity contribution in [3.63, 3.8) is 0 Å². The predicted octanol–water partition coefficient (Wildman–Crippen LogP) is 3.67. The lowest BCUT2D eigenvalue weighted by Gasteiger charge is -2.23. The lowest BCUT2D eigenvalue weighted by Crippen LogP contribution is -2.33. The Morgan fingerprint density at radius 1 is 1.22 bits per heavy atom. The standard InChI is InChI=1S/C19H22FN3O4/c1-12(2)19(13-4-6-14(20)7-5-13)21-11-18(24)22-16-9-8-15(23(25)26)10-17(16)27-3/h4-10,12,19,21H,11H2,1-3H3,(H,22,24)/t19-/m0/s1. The summed E-state index contributed by atoms with van der Waals surface area (Å²) in [5.41, 5.74) is 1.10. The minimum absolute atomic E-state index is 0.0143. The fourth-order valence-electron chi connectivity index (χ4n) is 2.70. The Morgan fingerprint density at radius 3 is 2.44 bits per heavy atom. The Hall–Kier alpha value is -3.00. The van der Waals surface area contributed by atoms with Gasteiger partial charge < -0.3 is 15.4 Å². The normalized spacial score (nSPS) is 11.9. The first kappa shape index (κ1) is 20.3. The molecule has 2 aromatic carbocycles. The largest absolute Gasteiger partial charge is 0.494 e. The lowest BCUT2D eigenvalue weighted by molar-refractivity contribution is -0.384. The second-order valence-electron chi connectivity index (χ2n) is 6.34. The van der Waals surface area contributed by atoms with Gasteiger partial charge in [-0.2, -0.15) is 0 Å². The van der Waals surface area contributed by atoms with Crippen molar-refractivity contribution >= 4 is 17.3 Å². The number of hydrogen-bond donors (Lipinski definition) is 2. The molecule has 0 aliphatic heterocycles. The fourth-order valence-corrected chi connectivity index (χ4v) is 2.70. The van der Waals surface area contributed by atoms with E-state index >= 15 is 0 Å². The van der Waals surface area contributed by atoms with Gasteiger partial charge in [0.25, 0.3) is 5.69 Å². The Bertz CT molecular complexity index is 809. The van der Waals surface area contributed by atoms with Crippen LogP contribution in [0.2, 0.25) is 0 Å². The molecular weight excluding hydrogens is 353 g/mol. The van der Waals surface area contributed by atoms with E-state index in [4.69, 9.17) is 4.74 Å². The van der Waals surface area contributed by atoms with Crippen LogP contribution >= 0.6 is 0 Å². The minimum Gasteiger partial charge on any atom is -0.494 e. The maximum Gasteiger partial charge on any atom is 0.273 e. The van der Waals surface area contributed by atoms with Crippen molar-refractivity contribution in [2.24, 2.45) is 5.92 Å². The Morgan fingerprint density at radius 2 is 1.89 bits per heavy atom. The topological polar surface area (TPSA) is 93.5 Å². The van der Waals surface area contributed by atoms with E-state index in [1.807, 2.05) is 13.8 Å². The van der Waals surface area contributed by atoms with E-state index in [0.717, 1.165) is 5.56 Å². The second kappa shape index (κ2) is 9.09. The summed E-state index contributed by atoms with van der Waals surface area (Å²) in [7, 11) is 1.37. The number of non-ortho nitro benzene ring substituents is 1. The highest BCUT2D eigenvalue weighted by Crippen LogP contribution is 2.29. The predicted molar refractivity (Wildman–Crippen MR) is 100 cm³/mol. The summed E-state index contributed by atoms with van der Waals surface area (Å²) in [6, 6.07) is 9.97.